The topological polar surface area (TPSA) is 84.9 Å². The van der Waals surface area contributed by atoms with Crippen LogP contribution in [-0.2, 0) is 19.5 Å². The molecule has 1 atom stereocenters. The summed E-state index contributed by atoms with van der Waals surface area (Å²) >= 11 is 0. The Labute approximate surface area is 148 Å². The van der Waals surface area contributed by atoms with E-state index in [4.69, 9.17) is 0 Å². The van der Waals surface area contributed by atoms with Crippen LogP contribution in [0.2, 0.25) is 0 Å². The number of hydrogen-bond acceptors (Lipinski definition) is 4. The van der Waals surface area contributed by atoms with Crippen molar-refractivity contribution in [2.75, 3.05) is 13.6 Å². The summed E-state index contributed by atoms with van der Waals surface area (Å²) in [5.41, 5.74) is 1.18. The molecule has 0 saturated heterocycles. The fraction of sp³-hybridized carbons (Fsp3) is 0.647. The van der Waals surface area contributed by atoms with Crippen LogP contribution >= 0.6 is 0 Å². The van der Waals surface area contributed by atoms with Crippen LogP contribution in [0, 0.1) is 6.92 Å². The molecule has 136 valence electrons. The van der Waals surface area contributed by atoms with Crippen LogP contribution in [0.5, 0.6) is 0 Å². The fourth-order valence-corrected chi connectivity index (χ4v) is 3.16. The summed E-state index contributed by atoms with van der Waals surface area (Å²) in [7, 11) is 1.81. The van der Waals surface area contributed by atoms with Gasteiger partial charge in [-0.3, -0.25) is 9.67 Å². The molecule has 0 aliphatic carbocycles. The molecule has 8 heteroatoms. The van der Waals surface area contributed by atoms with Crippen molar-refractivity contribution < 1.29 is 0 Å². The Morgan fingerprint density at radius 2 is 2.24 bits per heavy atom. The number of hydrogen-bond donors (Lipinski definition) is 2. The van der Waals surface area contributed by atoms with Gasteiger partial charge in [0.15, 0.2) is 5.96 Å². The summed E-state index contributed by atoms with van der Waals surface area (Å²) in [6, 6.07) is 0.333. The fourth-order valence-electron chi connectivity index (χ4n) is 3.16. The zero-order valence-corrected chi connectivity index (χ0v) is 15.5. The number of rotatable bonds is 5. The van der Waals surface area contributed by atoms with Gasteiger partial charge in [0.05, 0.1) is 12.7 Å². The van der Waals surface area contributed by atoms with Gasteiger partial charge in [0, 0.05) is 44.7 Å². The lowest BCUT2D eigenvalue weighted by molar-refractivity contribution is 0.407. The summed E-state index contributed by atoms with van der Waals surface area (Å²) in [4.78, 5) is 4.34. The summed E-state index contributed by atoms with van der Waals surface area (Å²) in [5, 5.41) is 19.9. The average Bonchev–Trinajstić information content (AvgIpc) is 3.19. The molecule has 8 nitrogen and oxygen atoms in total. The number of aryl methyl sites for hydroxylation is 2. The van der Waals surface area contributed by atoms with E-state index in [1.54, 1.807) is 7.05 Å². The highest BCUT2D eigenvalue weighted by atomic mass is 15.3. The van der Waals surface area contributed by atoms with E-state index in [-0.39, 0.29) is 0 Å². The van der Waals surface area contributed by atoms with Crippen LogP contribution < -0.4 is 10.6 Å². The van der Waals surface area contributed by atoms with Gasteiger partial charge in [-0.15, -0.1) is 10.2 Å². The molecule has 0 aromatic carbocycles. The van der Waals surface area contributed by atoms with Gasteiger partial charge in [-0.25, -0.2) is 0 Å². The molecule has 3 heterocycles. The predicted molar refractivity (Wildman–Crippen MR) is 97.7 cm³/mol. The standard InChI is InChI=1S/C17H28N8/c1-12(2)16-23-22-15-6-5-14(11-25(15)16)21-17(18-4)19-7-8-24-10-13(3)9-20-24/h9-10,12,14H,5-8,11H2,1-4H3,(H2,18,19,21). The third-order valence-corrected chi connectivity index (χ3v) is 4.45. The summed E-state index contributed by atoms with van der Waals surface area (Å²) < 4.78 is 4.19. The van der Waals surface area contributed by atoms with Crippen LogP contribution in [0.1, 0.15) is 43.4 Å². The zero-order chi connectivity index (χ0) is 17.8. The maximum Gasteiger partial charge on any atom is 0.191 e. The van der Waals surface area contributed by atoms with Gasteiger partial charge in [0.25, 0.3) is 0 Å². The molecule has 0 saturated carbocycles. The number of aromatic nitrogens is 5. The highest BCUT2D eigenvalue weighted by Gasteiger charge is 2.24. The van der Waals surface area contributed by atoms with Crippen molar-refractivity contribution in [1.29, 1.82) is 0 Å². The lowest BCUT2D eigenvalue weighted by atomic mass is 10.1. The average molecular weight is 344 g/mol. The molecule has 2 N–H and O–H groups in total. The minimum Gasteiger partial charge on any atom is -0.355 e. The Morgan fingerprint density at radius 3 is 2.92 bits per heavy atom. The summed E-state index contributed by atoms with van der Waals surface area (Å²) in [6.45, 7) is 8.84. The molecule has 0 spiro atoms. The molecule has 0 radical (unpaired) electrons. The van der Waals surface area contributed by atoms with E-state index >= 15 is 0 Å². The van der Waals surface area contributed by atoms with Crippen LogP contribution in [0.25, 0.3) is 0 Å². The molecule has 0 fully saturated rings. The van der Waals surface area contributed by atoms with Crippen molar-refractivity contribution >= 4 is 5.96 Å². The molecule has 3 rings (SSSR count). The largest absolute Gasteiger partial charge is 0.355 e. The van der Waals surface area contributed by atoms with Crippen LogP contribution in [0.3, 0.4) is 0 Å². The molecule has 2 aromatic heterocycles. The number of fused-ring (bicyclic) bond motifs is 1. The number of guanidine groups is 1. The highest BCUT2D eigenvalue weighted by Crippen LogP contribution is 2.19. The van der Waals surface area contributed by atoms with E-state index in [1.165, 1.54) is 5.56 Å². The lowest BCUT2D eigenvalue weighted by Crippen LogP contribution is -2.47. The van der Waals surface area contributed by atoms with Crippen molar-refractivity contribution in [1.82, 2.24) is 35.2 Å². The van der Waals surface area contributed by atoms with Crippen LogP contribution in [-0.4, -0.2) is 50.1 Å². The first-order chi connectivity index (χ1) is 12.1. The van der Waals surface area contributed by atoms with E-state index in [0.717, 1.165) is 50.1 Å². The molecule has 0 amide bonds. The van der Waals surface area contributed by atoms with E-state index < -0.39 is 0 Å². The summed E-state index contributed by atoms with van der Waals surface area (Å²) in [6.07, 6.45) is 5.90. The van der Waals surface area contributed by atoms with Gasteiger partial charge in [0.1, 0.15) is 11.6 Å². The first kappa shape index (κ1) is 17.4. The first-order valence-electron chi connectivity index (χ1n) is 8.95. The monoisotopic (exact) mass is 344 g/mol. The van der Waals surface area contributed by atoms with Crippen molar-refractivity contribution in [3.63, 3.8) is 0 Å². The minimum atomic E-state index is 0.333. The Kier molecular flexibility index (Phi) is 5.35. The highest BCUT2D eigenvalue weighted by molar-refractivity contribution is 5.79. The number of nitrogens with one attached hydrogen (secondary N) is 2. The van der Waals surface area contributed by atoms with Crippen molar-refractivity contribution in [3.8, 4) is 0 Å². The minimum absolute atomic E-state index is 0.333. The van der Waals surface area contributed by atoms with Gasteiger partial charge in [-0.1, -0.05) is 13.8 Å². The van der Waals surface area contributed by atoms with Gasteiger partial charge < -0.3 is 15.2 Å². The van der Waals surface area contributed by atoms with Gasteiger partial charge in [-0.05, 0) is 18.9 Å². The summed E-state index contributed by atoms with van der Waals surface area (Å²) in [5.74, 6) is 3.38. The SMILES string of the molecule is CN=C(NCCn1cc(C)cn1)NC1CCc2nnc(C(C)C)n2C1. The van der Waals surface area contributed by atoms with Crippen molar-refractivity contribution in [2.45, 2.75) is 58.7 Å². The zero-order valence-electron chi connectivity index (χ0n) is 15.5. The smallest absolute Gasteiger partial charge is 0.191 e. The van der Waals surface area contributed by atoms with E-state index in [2.05, 4.69) is 49.3 Å². The van der Waals surface area contributed by atoms with Crippen LogP contribution in [0.4, 0.5) is 0 Å². The van der Waals surface area contributed by atoms with Crippen LogP contribution in [0.15, 0.2) is 17.4 Å². The first-order valence-corrected chi connectivity index (χ1v) is 8.95. The third kappa shape index (κ3) is 4.18. The Hall–Kier alpha value is -2.38. The second-order valence-electron chi connectivity index (χ2n) is 6.90. The molecular weight excluding hydrogens is 316 g/mol. The molecular formula is C17H28N8. The third-order valence-electron chi connectivity index (χ3n) is 4.45. The Bertz CT molecular complexity index is 727. The van der Waals surface area contributed by atoms with Crippen molar-refractivity contribution in [2.24, 2.45) is 4.99 Å². The maximum absolute atomic E-state index is 4.35. The molecule has 1 aliphatic rings. The number of nitrogens with zero attached hydrogens (tertiary/aromatic N) is 6. The van der Waals surface area contributed by atoms with Gasteiger partial charge in [-0.2, -0.15) is 5.10 Å². The lowest BCUT2D eigenvalue weighted by Gasteiger charge is -2.27. The number of aliphatic imine (C=N–C) groups is 1. The van der Waals surface area contributed by atoms with E-state index in [1.807, 2.05) is 24.0 Å². The molecule has 1 aliphatic heterocycles. The Morgan fingerprint density at radius 1 is 1.40 bits per heavy atom. The maximum atomic E-state index is 4.35. The quantitative estimate of drug-likeness (QED) is 0.626. The van der Waals surface area contributed by atoms with E-state index in [0.29, 0.717) is 12.0 Å². The predicted octanol–water partition coefficient (Wildman–Crippen LogP) is 1.09. The molecule has 1 unspecified atom stereocenters. The molecule has 25 heavy (non-hydrogen) atoms. The van der Waals surface area contributed by atoms with Gasteiger partial charge >= 0.3 is 0 Å². The normalized spacial score (nSPS) is 17.6. The molecule has 2 aromatic rings. The second-order valence-corrected chi connectivity index (χ2v) is 6.90. The van der Waals surface area contributed by atoms with E-state index in [9.17, 15) is 0 Å². The second kappa shape index (κ2) is 7.67. The van der Waals surface area contributed by atoms with Crippen molar-refractivity contribution in [3.05, 3.63) is 29.6 Å². The van der Waals surface area contributed by atoms with Gasteiger partial charge in [0.2, 0.25) is 0 Å². The molecule has 0 bridgehead atoms. The Balaban J connectivity index is 1.53.